The molecule has 1 saturated heterocycles. The van der Waals surface area contributed by atoms with Gasteiger partial charge in [-0.1, -0.05) is 0 Å². The second-order valence-electron chi connectivity index (χ2n) is 3.11. The van der Waals surface area contributed by atoms with Gasteiger partial charge in [-0.3, -0.25) is 4.79 Å². The number of hydrogen-bond donors (Lipinski definition) is 1. The smallest absolute Gasteiger partial charge is 0.228 e. The lowest BCUT2D eigenvalue weighted by Crippen LogP contribution is -2.24. The van der Waals surface area contributed by atoms with Crippen molar-refractivity contribution in [3.05, 3.63) is 17.0 Å². The molecule has 1 atom stereocenters. The van der Waals surface area contributed by atoms with Gasteiger partial charge in [0.15, 0.2) is 0 Å². The SMILES string of the molecule is N#Cc1ccsc1N1CC(S)CC1=O. The molecule has 0 saturated carbocycles. The average molecular weight is 224 g/mol. The molecule has 1 aliphatic heterocycles. The second-order valence-corrected chi connectivity index (χ2v) is 4.74. The molecule has 1 aliphatic rings. The quantitative estimate of drug-likeness (QED) is 0.737. The minimum absolute atomic E-state index is 0.0592. The molecular formula is C9H8N2OS2. The fourth-order valence-electron chi connectivity index (χ4n) is 1.48. The van der Waals surface area contributed by atoms with E-state index in [0.29, 0.717) is 18.5 Å². The Labute approximate surface area is 91.4 Å². The fraction of sp³-hybridized carbons (Fsp3) is 0.333. The molecule has 0 spiro atoms. The number of nitrogens with zero attached hydrogens (tertiary/aromatic N) is 2. The third-order valence-corrected chi connectivity index (χ3v) is 3.40. The van der Waals surface area contributed by atoms with Crippen LogP contribution in [0.2, 0.25) is 0 Å². The molecule has 2 heterocycles. The highest BCUT2D eigenvalue weighted by atomic mass is 32.1. The summed E-state index contributed by atoms with van der Waals surface area (Å²) in [6, 6.07) is 3.81. The molecule has 0 radical (unpaired) electrons. The van der Waals surface area contributed by atoms with Gasteiger partial charge in [-0.2, -0.15) is 17.9 Å². The Bertz CT molecular complexity index is 407. The summed E-state index contributed by atoms with van der Waals surface area (Å²) < 4.78 is 0. The topological polar surface area (TPSA) is 44.1 Å². The van der Waals surface area contributed by atoms with E-state index >= 15 is 0 Å². The number of hydrogen-bond acceptors (Lipinski definition) is 4. The van der Waals surface area contributed by atoms with Crippen LogP contribution >= 0.6 is 24.0 Å². The first-order valence-corrected chi connectivity index (χ1v) is 5.58. The van der Waals surface area contributed by atoms with Crippen molar-refractivity contribution in [1.29, 1.82) is 5.26 Å². The predicted molar refractivity (Wildman–Crippen MR) is 58.8 cm³/mol. The third kappa shape index (κ3) is 1.51. The maximum absolute atomic E-state index is 11.5. The minimum atomic E-state index is 0.0592. The van der Waals surface area contributed by atoms with E-state index in [9.17, 15) is 4.79 Å². The van der Waals surface area contributed by atoms with Gasteiger partial charge in [-0.15, -0.1) is 11.3 Å². The molecular weight excluding hydrogens is 216 g/mol. The van der Waals surface area contributed by atoms with E-state index in [1.807, 2.05) is 5.38 Å². The van der Waals surface area contributed by atoms with E-state index in [-0.39, 0.29) is 11.2 Å². The number of carbonyl (C=O) groups excluding carboxylic acids is 1. The van der Waals surface area contributed by atoms with Gasteiger partial charge in [0.25, 0.3) is 0 Å². The summed E-state index contributed by atoms with van der Waals surface area (Å²) in [7, 11) is 0. The van der Waals surface area contributed by atoms with Crippen molar-refractivity contribution in [3.8, 4) is 6.07 Å². The Balaban J connectivity index is 2.32. The lowest BCUT2D eigenvalue weighted by Gasteiger charge is -2.13. The first-order valence-electron chi connectivity index (χ1n) is 4.18. The maximum Gasteiger partial charge on any atom is 0.228 e. The van der Waals surface area contributed by atoms with E-state index in [0.717, 1.165) is 5.00 Å². The zero-order chi connectivity index (χ0) is 10.1. The molecule has 0 N–H and O–H groups in total. The summed E-state index contributed by atoms with van der Waals surface area (Å²) in [5.41, 5.74) is 0.575. The lowest BCUT2D eigenvalue weighted by atomic mass is 10.3. The first-order chi connectivity index (χ1) is 6.72. The molecule has 3 nitrogen and oxygen atoms in total. The van der Waals surface area contributed by atoms with Gasteiger partial charge in [0.1, 0.15) is 11.1 Å². The monoisotopic (exact) mass is 224 g/mol. The van der Waals surface area contributed by atoms with Crippen LogP contribution in [0.25, 0.3) is 0 Å². The van der Waals surface area contributed by atoms with E-state index in [1.165, 1.54) is 11.3 Å². The van der Waals surface area contributed by atoms with Crippen LogP contribution in [0.4, 0.5) is 5.00 Å². The highest BCUT2D eigenvalue weighted by Gasteiger charge is 2.30. The van der Waals surface area contributed by atoms with Crippen LogP contribution < -0.4 is 4.90 Å². The molecule has 1 aromatic heterocycles. The number of anilines is 1. The highest BCUT2D eigenvalue weighted by Crippen LogP contribution is 2.31. The van der Waals surface area contributed by atoms with Gasteiger partial charge in [0.2, 0.25) is 5.91 Å². The summed E-state index contributed by atoms with van der Waals surface area (Å²) in [5.74, 6) is 0.0592. The van der Waals surface area contributed by atoms with Crippen molar-refractivity contribution in [2.24, 2.45) is 0 Å². The van der Waals surface area contributed by atoms with Crippen LogP contribution in [-0.4, -0.2) is 17.7 Å². The van der Waals surface area contributed by atoms with Crippen molar-refractivity contribution < 1.29 is 4.79 Å². The van der Waals surface area contributed by atoms with Crippen LogP contribution in [0.3, 0.4) is 0 Å². The van der Waals surface area contributed by atoms with E-state index < -0.39 is 0 Å². The normalized spacial score (nSPS) is 21.3. The molecule has 0 bridgehead atoms. The summed E-state index contributed by atoms with van der Waals surface area (Å²) in [4.78, 5) is 13.2. The number of amides is 1. The van der Waals surface area contributed by atoms with Crippen LogP contribution in [-0.2, 0) is 4.79 Å². The number of nitriles is 1. The largest absolute Gasteiger partial charge is 0.302 e. The maximum atomic E-state index is 11.5. The van der Waals surface area contributed by atoms with Gasteiger partial charge in [0, 0.05) is 18.2 Å². The summed E-state index contributed by atoms with van der Waals surface area (Å²) in [6.45, 7) is 0.608. The molecule has 14 heavy (non-hydrogen) atoms. The molecule has 1 amide bonds. The highest BCUT2D eigenvalue weighted by molar-refractivity contribution is 7.81. The molecule has 0 aromatic carbocycles. The second kappa shape index (κ2) is 3.64. The molecule has 1 aromatic rings. The zero-order valence-corrected chi connectivity index (χ0v) is 9.02. The van der Waals surface area contributed by atoms with Crippen LogP contribution in [0.15, 0.2) is 11.4 Å². The van der Waals surface area contributed by atoms with Gasteiger partial charge >= 0.3 is 0 Å². The molecule has 1 unspecified atom stereocenters. The predicted octanol–water partition coefficient (Wildman–Crippen LogP) is 1.65. The van der Waals surface area contributed by atoms with Gasteiger partial charge in [-0.25, -0.2) is 0 Å². The molecule has 0 aliphatic carbocycles. The van der Waals surface area contributed by atoms with Crippen LogP contribution in [0, 0.1) is 11.3 Å². The Morgan fingerprint density at radius 2 is 2.50 bits per heavy atom. The number of carbonyl (C=O) groups is 1. The van der Waals surface area contributed by atoms with Gasteiger partial charge < -0.3 is 4.90 Å². The van der Waals surface area contributed by atoms with Crippen molar-refractivity contribution in [2.45, 2.75) is 11.7 Å². The Morgan fingerprint density at radius 1 is 1.71 bits per heavy atom. The number of thiol groups is 1. The Kier molecular flexibility index (Phi) is 2.48. The van der Waals surface area contributed by atoms with E-state index in [4.69, 9.17) is 5.26 Å². The van der Waals surface area contributed by atoms with Gasteiger partial charge in [-0.05, 0) is 11.4 Å². The van der Waals surface area contributed by atoms with Crippen LogP contribution in [0.5, 0.6) is 0 Å². The Morgan fingerprint density at radius 3 is 3.07 bits per heavy atom. The van der Waals surface area contributed by atoms with E-state index in [2.05, 4.69) is 18.7 Å². The lowest BCUT2D eigenvalue weighted by molar-refractivity contribution is -0.116. The zero-order valence-electron chi connectivity index (χ0n) is 7.30. The van der Waals surface area contributed by atoms with Crippen molar-refractivity contribution in [2.75, 3.05) is 11.4 Å². The summed E-state index contributed by atoms with van der Waals surface area (Å²) in [6.07, 6.45) is 0.464. The van der Waals surface area contributed by atoms with E-state index in [1.54, 1.807) is 11.0 Å². The first kappa shape index (κ1) is 9.56. The van der Waals surface area contributed by atoms with Gasteiger partial charge in [0.05, 0.1) is 5.56 Å². The fourth-order valence-corrected chi connectivity index (χ4v) is 2.68. The molecule has 72 valence electrons. The number of rotatable bonds is 1. The Hall–Kier alpha value is -0.990. The molecule has 5 heteroatoms. The van der Waals surface area contributed by atoms with Crippen molar-refractivity contribution in [3.63, 3.8) is 0 Å². The third-order valence-electron chi connectivity index (χ3n) is 2.12. The molecule has 1 fully saturated rings. The standard InChI is InChI=1S/C9H8N2OS2/c10-4-6-1-2-14-9(6)11-5-7(13)3-8(11)12/h1-2,7,13H,3,5H2. The summed E-state index contributed by atoms with van der Waals surface area (Å²) in [5, 5.41) is 11.5. The van der Waals surface area contributed by atoms with Crippen molar-refractivity contribution >= 4 is 34.9 Å². The number of thiophene rings is 1. The van der Waals surface area contributed by atoms with Crippen molar-refractivity contribution in [1.82, 2.24) is 0 Å². The average Bonchev–Trinajstić information content (AvgIpc) is 2.71. The molecule has 2 rings (SSSR count). The van der Waals surface area contributed by atoms with Crippen LogP contribution in [0.1, 0.15) is 12.0 Å². The summed E-state index contributed by atoms with van der Waals surface area (Å²) >= 11 is 5.69. The minimum Gasteiger partial charge on any atom is -0.302 e.